The van der Waals surface area contributed by atoms with Crippen LogP contribution in [-0.4, -0.2) is 72.8 Å². The molecule has 2 aliphatic rings. The number of rotatable bonds is 19. The summed E-state index contributed by atoms with van der Waals surface area (Å²) in [6, 6.07) is 78.9. The van der Waals surface area contributed by atoms with Gasteiger partial charge in [-0.25, -0.2) is 14.6 Å². The average molecular weight is 1110 g/mol. The van der Waals surface area contributed by atoms with Crippen LogP contribution in [0.1, 0.15) is 138 Å². The van der Waals surface area contributed by atoms with Crippen molar-refractivity contribution in [2.75, 3.05) is 31.3 Å². The first-order chi connectivity index (χ1) is 41.5. The normalized spacial score (nSPS) is 17.9. The lowest BCUT2D eigenvalue weighted by Gasteiger charge is -2.36. The van der Waals surface area contributed by atoms with Crippen LogP contribution in [0.2, 0.25) is 0 Å². The number of pyridine rings is 2. The maximum Gasteiger partial charge on any atom is 0.203 e. The number of nitrogens with one attached hydrogen (secondary N) is 2. The van der Waals surface area contributed by atoms with Gasteiger partial charge in [0.2, 0.25) is 5.65 Å². The first-order valence-corrected chi connectivity index (χ1v) is 30.0. The van der Waals surface area contributed by atoms with E-state index in [9.17, 15) is 0 Å². The Labute approximate surface area is 492 Å². The van der Waals surface area contributed by atoms with Crippen LogP contribution in [0.15, 0.2) is 224 Å². The molecule has 0 bridgehead atoms. The molecule has 2 saturated carbocycles. The molecule has 4 heterocycles. The quantitative estimate of drug-likeness (QED) is 0.0667. The minimum Gasteiger partial charge on any atom is -0.384 e. The van der Waals surface area contributed by atoms with Crippen LogP contribution in [0.25, 0.3) is 22.3 Å². The van der Waals surface area contributed by atoms with Gasteiger partial charge in [-0.2, -0.15) is 10.3 Å². The molecule has 13 rings (SSSR count). The SMILES string of the molecule is CNc1cc(C(CCOC2CCC(c3ccccc3)CC2)c2ccccc2)c2nnn(C(c3ccccc3)(c3ccccc3)c3ccccc3)c2n1.Nc1cc(C(CCOC2CCC(c3ccccc3)CC2)c2ccccc2)c2n[nH]nc2n1. The molecular weight excluding hydrogens is 1040 g/mol. The van der Waals surface area contributed by atoms with Crippen molar-refractivity contribution in [2.24, 2.45) is 0 Å². The van der Waals surface area contributed by atoms with Crippen molar-refractivity contribution in [2.45, 2.75) is 106 Å². The highest BCUT2D eigenvalue weighted by molar-refractivity contribution is 5.80. The van der Waals surface area contributed by atoms with Crippen LogP contribution in [-0.2, 0) is 15.0 Å². The van der Waals surface area contributed by atoms with Crippen molar-refractivity contribution < 1.29 is 9.47 Å². The Hall–Kier alpha value is -8.84. The van der Waals surface area contributed by atoms with Gasteiger partial charge in [-0.15, -0.1) is 10.2 Å². The van der Waals surface area contributed by atoms with Crippen molar-refractivity contribution in [3.05, 3.63) is 275 Å². The van der Waals surface area contributed by atoms with Crippen LogP contribution in [0.4, 0.5) is 11.6 Å². The van der Waals surface area contributed by atoms with E-state index in [1.54, 1.807) is 0 Å². The number of aromatic amines is 1. The van der Waals surface area contributed by atoms with Crippen LogP contribution < -0.4 is 11.1 Å². The number of nitrogens with zero attached hydrogens (tertiary/aromatic N) is 7. The molecule has 0 spiro atoms. The summed E-state index contributed by atoms with van der Waals surface area (Å²) in [5.41, 5.74) is 18.8. The second-order valence-electron chi connectivity index (χ2n) is 22.5. The van der Waals surface area contributed by atoms with Crippen molar-refractivity contribution >= 4 is 34.0 Å². The van der Waals surface area contributed by atoms with Crippen LogP contribution >= 0.6 is 0 Å². The number of ether oxygens (including phenoxy) is 2. The average Bonchev–Trinajstić information content (AvgIpc) is 2.24. The van der Waals surface area contributed by atoms with E-state index in [4.69, 9.17) is 30.5 Å². The first kappa shape index (κ1) is 55.7. The summed E-state index contributed by atoms with van der Waals surface area (Å²) in [6.45, 7) is 1.36. The number of aromatic nitrogens is 8. The maximum absolute atomic E-state index is 6.67. The molecule has 11 aromatic rings. The largest absolute Gasteiger partial charge is 0.384 e. The Balaban J connectivity index is 0.000000185. The smallest absolute Gasteiger partial charge is 0.203 e. The van der Waals surface area contributed by atoms with E-state index < -0.39 is 5.54 Å². The van der Waals surface area contributed by atoms with E-state index in [1.165, 1.54) is 47.9 Å². The molecule has 0 saturated heterocycles. The summed E-state index contributed by atoms with van der Waals surface area (Å²) in [6.07, 6.45) is 11.4. The van der Waals surface area contributed by atoms with Crippen LogP contribution in [0.3, 0.4) is 0 Å². The van der Waals surface area contributed by atoms with Gasteiger partial charge in [0.25, 0.3) is 0 Å². The minimum absolute atomic E-state index is 0.0317. The molecule has 4 aromatic heterocycles. The Kier molecular flexibility index (Phi) is 17.6. The lowest BCUT2D eigenvalue weighted by atomic mass is 9.77. The second kappa shape index (κ2) is 26.6. The van der Waals surface area contributed by atoms with Gasteiger partial charge in [0.15, 0.2) is 5.65 Å². The molecule has 0 radical (unpaired) electrons. The van der Waals surface area contributed by atoms with Gasteiger partial charge < -0.3 is 20.5 Å². The predicted octanol–water partition coefficient (Wildman–Crippen LogP) is 15.2. The Morgan fingerprint density at radius 1 is 0.512 bits per heavy atom. The van der Waals surface area contributed by atoms with E-state index in [0.717, 1.165) is 88.8 Å². The summed E-state index contributed by atoms with van der Waals surface area (Å²) in [5.74, 6) is 2.67. The van der Waals surface area contributed by atoms with Crippen molar-refractivity contribution in [3.8, 4) is 0 Å². The van der Waals surface area contributed by atoms with E-state index in [-0.39, 0.29) is 17.9 Å². The molecule has 0 aliphatic heterocycles. The lowest BCUT2D eigenvalue weighted by molar-refractivity contribution is 0.0220. The first-order valence-electron chi connectivity index (χ1n) is 30.0. The fraction of sp³-hybridized carbons (Fsp3) is 0.278. The Morgan fingerprint density at radius 2 is 0.929 bits per heavy atom. The maximum atomic E-state index is 6.67. The second-order valence-corrected chi connectivity index (χ2v) is 22.5. The third kappa shape index (κ3) is 12.3. The fourth-order valence-electron chi connectivity index (χ4n) is 13.3. The summed E-state index contributed by atoms with van der Waals surface area (Å²) < 4.78 is 15.1. The third-order valence-corrected chi connectivity index (χ3v) is 17.5. The lowest BCUT2D eigenvalue weighted by Crippen LogP contribution is -2.39. The molecule has 12 nitrogen and oxygen atoms in total. The standard InChI is InChI=1S/C46H45N5O.C26H29N5O/c1-47-43-33-42(41(36-19-9-3-10-20-36)31-32-52-40-29-27-35(28-30-40)34-17-7-2-8-18-34)44-45(48-43)51(50-49-44)46(37-21-11-4-12-22-37,38-23-13-5-14-24-38)39-25-15-6-16-26-39;27-24-17-23(25-26(28-24)30-31-29-25)22(20-9-5-2-6-10-20)15-16-32-21-13-11-19(12-14-21)18-7-3-1-4-8-18/h2-26,33,35,40-41H,27-32H2,1H3,(H,47,48);1-10,17,19,21-22H,11-16H2,(H3,27,28,29,30,31). The number of benzene rings is 7. The Bertz CT molecular complexity index is 3680. The van der Waals surface area contributed by atoms with Gasteiger partial charge in [0.1, 0.15) is 28.2 Å². The molecule has 0 amide bonds. The molecule has 424 valence electrons. The molecule has 84 heavy (non-hydrogen) atoms. The van der Waals surface area contributed by atoms with E-state index >= 15 is 0 Å². The molecular formula is C72H74N10O2. The number of anilines is 2. The Morgan fingerprint density at radius 3 is 1.37 bits per heavy atom. The van der Waals surface area contributed by atoms with Gasteiger partial charge in [-0.05, 0) is 138 Å². The zero-order valence-electron chi connectivity index (χ0n) is 47.8. The molecule has 2 fully saturated rings. The summed E-state index contributed by atoms with van der Waals surface area (Å²) >= 11 is 0. The summed E-state index contributed by atoms with van der Waals surface area (Å²) in [5, 5.41) is 24.6. The monoisotopic (exact) mass is 1110 g/mol. The highest BCUT2D eigenvalue weighted by atomic mass is 16.5. The van der Waals surface area contributed by atoms with Crippen molar-refractivity contribution in [3.63, 3.8) is 0 Å². The van der Waals surface area contributed by atoms with E-state index in [0.29, 0.717) is 42.6 Å². The third-order valence-electron chi connectivity index (χ3n) is 17.5. The van der Waals surface area contributed by atoms with Crippen LogP contribution in [0.5, 0.6) is 0 Å². The topological polar surface area (TPSA) is 155 Å². The highest BCUT2D eigenvalue weighted by Gasteiger charge is 2.42. The zero-order chi connectivity index (χ0) is 56.9. The molecule has 7 aromatic carbocycles. The fourth-order valence-corrected chi connectivity index (χ4v) is 13.3. The van der Waals surface area contributed by atoms with Gasteiger partial charge in [-0.1, -0.05) is 218 Å². The van der Waals surface area contributed by atoms with Gasteiger partial charge >= 0.3 is 0 Å². The molecule has 4 N–H and O–H groups in total. The number of hydrogen-bond donors (Lipinski definition) is 3. The summed E-state index contributed by atoms with van der Waals surface area (Å²) in [7, 11) is 1.93. The molecule has 2 unspecified atom stereocenters. The summed E-state index contributed by atoms with van der Waals surface area (Å²) in [4.78, 5) is 9.51. The predicted molar refractivity (Wildman–Crippen MR) is 336 cm³/mol. The van der Waals surface area contributed by atoms with Crippen LogP contribution in [0, 0.1) is 0 Å². The number of nitrogen functional groups attached to an aromatic ring is 1. The van der Waals surface area contributed by atoms with Crippen molar-refractivity contribution in [1.29, 1.82) is 0 Å². The van der Waals surface area contributed by atoms with E-state index in [2.05, 4.69) is 238 Å². The minimum atomic E-state index is -0.834. The molecule has 12 heteroatoms. The van der Waals surface area contributed by atoms with Gasteiger partial charge in [-0.3, -0.25) is 0 Å². The number of fused-ring (bicyclic) bond motifs is 2. The molecule has 2 atom stereocenters. The van der Waals surface area contributed by atoms with E-state index in [1.807, 2.05) is 23.9 Å². The van der Waals surface area contributed by atoms with Gasteiger partial charge in [0.05, 0.1) is 12.2 Å². The van der Waals surface area contributed by atoms with Crippen molar-refractivity contribution in [1.82, 2.24) is 40.4 Å². The number of nitrogens with two attached hydrogens (primary N) is 1. The number of hydrogen-bond acceptors (Lipinski definition) is 10. The highest BCUT2D eigenvalue weighted by Crippen LogP contribution is 2.44. The zero-order valence-corrected chi connectivity index (χ0v) is 47.8. The van der Waals surface area contributed by atoms with Gasteiger partial charge in [0, 0.05) is 32.1 Å². The number of H-pyrrole nitrogens is 1. The molecule has 2 aliphatic carbocycles.